The Morgan fingerprint density at radius 2 is 1.53 bits per heavy atom. The molecule has 0 unspecified atom stereocenters. The van der Waals surface area contributed by atoms with Crippen molar-refractivity contribution in [3.05, 3.63) is 34.6 Å². The minimum atomic E-state index is -0.533. The lowest BCUT2D eigenvalue weighted by Crippen LogP contribution is -2.65. The van der Waals surface area contributed by atoms with Crippen LogP contribution in [-0.2, 0) is 4.79 Å². The second kappa shape index (κ2) is 10.6. The molecule has 184 valence electrons. The number of benzene rings is 1. The Kier molecular flexibility index (Phi) is 9.22. The van der Waals surface area contributed by atoms with Crippen molar-refractivity contribution in [2.45, 2.75) is 33.1 Å². The highest BCUT2D eigenvalue weighted by atomic mass is 35.5. The molecule has 1 saturated heterocycles. The molecule has 0 spiro atoms. The molecular formula is C19H37B10ClFN3O2. The van der Waals surface area contributed by atoms with Gasteiger partial charge >= 0.3 is 0 Å². The molecule has 36 heavy (non-hydrogen) atoms. The third kappa shape index (κ3) is 7.09. The van der Waals surface area contributed by atoms with Crippen molar-refractivity contribution in [1.82, 2.24) is 15.5 Å². The Labute approximate surface area is 230 Å². The van der Waals surface area contributed by atoms with E-state index in [-0.39, 0.29) is 54.5 Å². The highest BCUT2D eigenvalue weighted by molar-refractivity contribution is 6.65. The van der Waals surface area contributed by atoms with Crippen molar-refractivity contribution < 1.29 is 14.0 Å². The summed E-state index contributed by atoms with van der Waals surface area (Å²) in [4.78, 5) is 28.2. The van der Waals surface area contributed by atoms with E-state index in [1.807, 2.05) is 0 Å². The maximum absolute atomic E-state index is 13.7. The number of rotatable bonds is 8. The van der Waals surface area contributed by atoms with Gasteiger partial charge in [-0.1, -0.05) is 32.3 Å². The fourth-order valence-electron chi connectivity index (χ4n) is 6.15. The first-order chi connectivity index (χ1) is 16.1. The van der Waals surface area contributed by atoms with Crippen LogP contribution >= 0.6 is 11.6 Å². The minimum Gasteiger partial charge on any atom is -0.353 e. The number of carbonyl (C=O) groups is 2. The predicted molar refractivity (Wildman–Crippen MR) is 176 cm³/mol. The van der Waals surface area contributed by atoms with E-state index >= 15 is 0 Å². The topological polar surface area (TPSA) is 61.4 Å². The van der Waals surface area contributed by atoms with Crippen molar-refractivity contribution in [1.29, 1.82) is 0 Å². The minimum absolute atomic E-state index is 0.0312. The van der Waals surface area contributed by atoms with Crippen LogP contribution in [0.3, 0.4) is 0 Å². The molecule has 2 amide bonds. The van der Waals surface area contributed by atoms with Gasteiger partial charge in [-0.2, -0.15) is 0 Å². The van der Waals surface area contributed by atoms with E-state index < -0.39 is 5.82 Å². The zero-order valence-electron chi connectivity index (χ0n) is 24.2. The summed E-state index contributed by atoms with van der Waals surface area (Å²) in [7, 11) is 21.7. The molecular weight excluding hydrogens is 465 g/mol. The lowest BCUT2D eigenvalue weighted by atomic mass is 9.22. The quantitative estimate of drug-likeness (QED) is 0.348. The number of hydrogen-bond donors (Lipinski definition) is 2. The largest absolute Gasteiger partial charge is 0.353 e. The first-order valence-electron chi connectivity index (χ1n) is 12.9. The van der Waals surface area contributed by atoms with E-state index in [9.17, 15) is 14.0 Å². The number of piperidine rings is 1. The number of likely N-dealkylation sites (tertiary alicyclic amines) is 1. The van der Waals surface area contributed by atoms with Crippen LogP contribution in [0.25, 0.3) is 0 Å². The standard InChI is InChI=1S/C19H37B10ClFN3O2/c1-15(18(24,25)26,19(27,28)29)33-13(35)6-34-7-16(20,21)12(17(22,23)8-34)5-32-14(36)9-2-10(30)4-11(31)3-9/h2-4,12H,5-8,20-29H2,1H3,(H,32,36)(H,33,35). The molecule has 2 N–H and O–H groups in total. The molecule has 17 heteroatoms. The highest BCUT2D eigenvalue weighted by Gasteiger charge is 2.48. The van der Waals surface area contributed by atoms with Gasteiger partial charge in [-0.3, -0.25) is 14.5 Å². The van der Waals surface area contributed by atoms with Crippen LogP contribution < -0.4 is 10.6 Å². The summed E-state index contributed by atoms with van der Waals surface area (Å²) in [6.45, 7) is 4.39. The molecule has 5 nitrogen and oxygen atoms in total. The number of nitrogens with zero attached hydrogens (tertiary/aromatic N) is 1. The molecule has 1 aromatic carbocycles. The zero-order valence-corrected chi connectivity index (χ0v) is 24.9. The first kappa shape index (κ1) is 31.2. The van der Waals surface area contributed by atoms with Crippen molar-refractivity contribution >= 4 is 102 Å². The van der Waals surface area contributed by atoms with E-state index in [0.717, 1.165) is 13.1 Å². The van der Waals surface area contributed by atoms with Crippen molar-refractivity contribution in [3.63, 3.8) is 0 Å². The molecule has 2 rings (SSSR count). The van der Waals surface area contributed by atoms with E-state index in [1.54, 1.807) is 0 Å². The summed E-state index contributed by atoms with van der Waals surface area (Å²) in [6, 6.07) is 3.85. The van der Waals surface area contributed by atoms with E-state index in [2.05, 4.69) is 101 Å². The van der Waals surface area contributed by atoms with Crippen LogP contribution in [0.2, 0.25) is 25.7 Å². The number of carbonyl (C=O) groups excluding carboxylic acids is 2. The van der Waals surface area contributed by atoms with Gasteiger partial charge in [0.1, 0.15) is 37.2 Å². The number of hydrogen-bond acceptors (Lipinski definition) is 3. The second-order valence-corrected chi connectivity index (χ2v) is 14.7. The maximum Gasteiger partial charge on any atom is 0.251 e. The van der Waals surface area contributed by atoms with E-state index in [1.165, 1.54) is 18.2 Å². The monoisotopic (exact) mass is 503 g/mol. The summed E-state index contributed by atoms with van der Waals surface area (Å²) in [5.74, 6) is -0.683. The van der Waals surface area contributed by atoms with Gasteiger partial charge in [0.2, 0.25) is 5.91 Å². The van der Waals surface area contributed by atoms with Gasteiger partial charge in [0.15, 0.2) is 0 Å². The number of halogens is 2. The average molecular weight is 502 g/mol. The van der Waals surface area contributed by atoms with Crippen LogP contribution in [0.4, 0.5) is 4.39 Å². The molecule has 1 aliphatic rings. The zero-order chi connectivity index (χ0) is 27.9. The van der Waals surface area contributed by atoms with Crippen LogP contribution in [0, 0.1) is 11.7 Å². The molecule has 0 aliphatic carbocycles. The normalized spacial score (nSPS) is 18.9. The van der Waals surface area contributed by atoms with Gasteiger partial charge in [-0.05, 0) is 44.1 Å². The molecule has 0 saturated carbocycles. The van der Waals surface area contributed by atoms with Crippen LogP contribution in [0.15, 0.2) is 18.2 Å². The van der Waals surface area contributed by atoms with Gasteiger partial charge in [-0.25, -0.2) is 4.39 Å². The van der Waals surface area contributed by atoms with Crippen LogP contribution in [0.1, 0.15) is 17.3 Å². The van der Waals surface area contributed by atoms with Crippen molar-refractivity contribution in [2.24, 2.45) is 5.92 Å². The Morgan fingerprint density at radius 3 is 1.97 bits per heavy atom. The molecule has 0 bridgehead atoms. The van der Waals surface area contributed by atoms with E-state index in [4.69, 9.17) is 11.6 Å². The van der Waals surface area contributed by atoms with Crippen LogP contribution in [-0.4, -0.2) is 127 Å². The van der Waals surface area contributed by atoms with Gasteiger partial charge in [0, 0.05) is 22.7 Å². The Morgan fingerprint density at radius 1 is 1.03 bits per heavy atom. The molecule has 1 fully saturated rings. The van der Waals surface area contributed by atoms with Gasteiger partial charge in [0.05, 0.1) is 53.6 Å². The maximum atomic E-state index is 13.7. The molecule has 0 aromatic heterocycles. The molecule has 0 radical (unpaired) electrons. The van der Waals surface area contributed by atoms with Crippen LogP contribution in [0.5, 0.6) is 0 Å². The van der Waals surface area contributed by atoms with Gasteiger partial charge in [0.25, 0.3) is 5.91 Å². The number of nitrogens with one attached hydrogen (secondary N) is 2. The summed E-state index contributed by atoms with van der Waals surface area (Å²) in [5.41, 5.74) is -0.171. The fraction of sp³-hybridized carbons (Fsp3) is 0.579. The average Bonchev–Trinajstić information content (AvgIpc) is 2.63. The third-order valence-electron chi connectivity index (χ3n) is 8.50. The SMILES string of the molecule is BC1(B)CN(CC(=O)NC(C)(C(B)(B)B)C(B)(B)B)CC(B)(B)C1CNC(=O)c1cc(F)cc(Cl)c1. The molecule has 0 atom stereocenters. The van der Waals surface area contributed by atoms with E-state index in [0.29, 0.717) is 13.1 Å². The second-order valence-electron chi connectivity index (χ2n) is 14.2. The summed E-state index contributed by atoms with van der Waals surface area (Å²) >= 11 is 5.92. The fourth-order valence-corrected chi connectivity index (χ4v) is 6.38. The van der Waals surface area contributed by atoms with Gasteiger partial charge in [-0.15, -0.1) is 0 Å². The first-order valence-corrected chi connectivity index (χ1v) is 13.2. The van der Waals surface area contributed by atoms with Crippen molar-refractivity contribution in [3.8, 4) is 0 Å². The summed E-state index contributed by atoms with van der Waals surface area (Å²) in [6.07, 6.45) is 0. The van der Waals surface area contributed by atoms with Gasteiger partial charge < -0.3 is 10.6 Å². The molecule has 1 aromatic rings. The third-order valence-corrected chi connectivity index (χ3v) is 8.72. The Balaban J connectivity index is 2.11. The lowest BCUT2D eigenvalue weighted by molar-refractivity contribution is -0.124. The Hall–Kier alpha value is -1.01. The summed E-state index contributed by atoms with van der Waals surface area (Å²) in [5, 5.41) is 6.01. The lowest BCUT2D eigenvalue weighted by Gasteiger charge is -2.55. The number of amides is 2. The van der Waals surface area contributed by atoms with Crippen molar-refractivity contribution in [2.75, 3.05) is 26.2 Å². The predicted octanol–water partition coefficient (Wildman–Crippen LogP) is -7.27. The summed E-state index contributed by atoms with van der Waals surface area (Å²) < 4.78 is 13.7. The molecule has 1 aliphatic heterocycles. The highest BCUT2D eigenvalue weighted by Crippen LogP contribution is 2.47. The Bertz CT molecular complexity index is 950. The molecule has 1 heterocycles. The smallest absolute Gasteiger partial charge is 0.251 e.